The first kappa shape index (κ1) is 19.5. The average Bonchev–Trinajstić information content (AvgIpc) is 2.57. The number of nitrogens with zero attached hydrogens (tertiary/aromatic N) is 2. The van der Waals surface area contributed by atoms with Crippen molar-refractivity contribution in [1.29, 1.82) is 5.26 Å². The van der Waals surface area contributed by atoms with Gasteiger partial charge in [-0.15, -0.1) is 0 Å². The van der Waals surface area contributed by atoms with E-state index in [1.165, 1.54) is 0 Å². The third-order valence-corrected chi connectivity index (χ3v) is 5.09. The highest BCUT2D eigenvalue weighted by Gasteiger charge is 2.19. The Labute approximate surface area is 154 Å². The van der Waals surface area contributed by atoms with Crippen LogP contribution in [0.5, 0.6) is 0 Å². The van der Waals surface area contributed by atoms with Gasteiger partial charge in [0.2, 0.25) is 15.9 Å². The molecule has 6 nitrogen and oxygen atoms in total. The van der Waals surface area contributed by atoms with E-state index in [4.69, 9.17) is 5.26 Å². The molecule has 0 bridgehead atoms. The minimum Gasteiger partial charge on any atom is -0.326 e. The van der Waals surface area contributed by atoms with Crippen molar-refractivity contribution < 1.29 is 13.2 Å². The summed E-state index contributed by atoms with van der Waals surface area (Å²) in [4.78, 5) is 12.3. The number of sulfonamides is 1. The predicted molar refractivity (Wildman–Crippen MR) is 103 cm³/mol. The molecule has 7 heteroatoms. The first-order valence-corrected chi connectivity index (χ1v) is 9.90. The molecular formula is C19H21N3O3S. The van der Waals surface area contributed by atoms with Gasteiger partial charge in [-0.3, -0.25) is 9.10 Å². The van der Waals surface area contributed by atoms with E-state index in [1.807, 2.05) is 38.1 Å². The fraction of sp³-hybridized carbons (Fsp3) is 0.263. The summed E-state index contributed by atoms with van der Waals surface area (Å²) < 4.78 is 25.3. The van der Waals surface area contributed by atoms with Gasteiger partial charge in [0.1, 0.15) is 0 Å². The van der Waals surface area contributed by atoms with E-state index in [9.17, 15) is 13.2 Å². The number of hydrogen-bond acceptors (Lipinski definition) is 4. The highest BCUT2D eigenvalue weighted by atomic mass is 32.2. The number of hydrogen-bond donors (Lipinski definition) is 1. The molecule has 136 valence electrons. The monoisotopic (exact) mass is 371 g/mol. The zero-order valence-electron chi connectivity index (χ0n) is 15.0. The largest absolute Gasteiger partial charge is 0.326 e. The van der Waals surface area contributed by atoms with Gasteiger partial charge < -0.3 is 5.32 Å². The van der Waals surface area contributed by atoms with Crippen molar-refractivity contribution >= 4 is 27.3 Å². The van der Waals surface area contributed by atoms with E-state index in [2.05, 4.69) is 5.32 Å². The first-order chi connectivity index (χ1) is 12.2. The Kier molecular flexibility index (Phi) is 6.01. The molecule has 0 aliphatic heterocycles. The van der Waals surface area contributed by atoms with Crippen LogP contribution in [-0.2, 0) is 14.8 Å². The molecular weight excluding hydrogens is 350 g/mol. The Bertz CT molecular complexity index is 945. The lowest BCUT2D eigenvalue weighted by Crippen LogP contribution is -2.33. The molecule has 0 spiro atoms. The number of anilines is 2. The second kappa shape index (κ2) is 8.02. The van der Waals surface area contributed by atoms with Crippen LogP contribution in [-0.4, -0.2) is 27.1 Å². The topological polar surface area (TPSA) is 90.3 Å². The molecule has 2 aromatic rings. The Morgan fingerprint density at radius 2 is 1.81 bits per heavy atom. The molecule has 0 fully saturated rings. The molecule has 2 aromatic carbocycles. The summed E-state index contributed by atoms with van der Waals surface area (Å²) in [5.74, 6) is -0.263. The lowest BCUT2D eigenvalue weighted by Gasteiger charge is -2.22. The normalized spacial score (nSPS) is 10.8. The minimum absolute atomic E-state index is 0.0143. The lowest BCUT2D eigenvalue weighted by molar-refractivity contribution is -0.116. The van der Waals surface area contributed by atoms with E-state index in [1.54, 1.807) is 24.3 Å². The molecule has 2 rings (SSSR count). The maximum atomic E-state index is 12.3. The van der Waals surface area contributed by atoms with Crippen LogP contribution < -0.4 is 9.62 Å². The summed E-state index contributed by atoms with van der Waals surface area (Å²) in [5, 5.41) is 11.7. The van der Waals surface area contributed by atoms with Gasteiger partial charge in [0.05, 0.1) is 23.6 Å². The molecule has 0 heterocycles. The van der Waals surface area contributed by atoms with Gasteiger partial charge in [-0.25, -0.2) is 8.42 Å². The molecule has 0 aromatic heterocycles. The third kappa shape index (κ3) is 5.07. The van der Waals surface area contributed by atoms with Gasteiger partial charge in [-0.05, 0) is 55.3 Å². The molecule has 1 N–H and O–H groups in total. The van der Waals surface area contributed by atoms with Crippen molar-refractivity contribution in [3.8, 4) is 6.07 Å². The van der Waals surface area contributed by atoms with Crippen molar-refractivity contribution in [3.63, 3.8) is 0 Å². The number of rotatable bonds is 6. The van der Waals surface area contributed by atoms with Gasteiger partial charge in [0.25, 0.3) is 0 Å². The third-order valence-electron chi connectivity index (χ3n) is 3.89. The summed E-state index contributed by atoms with van der Waals surface area (Å²) in [6.07, 6.45) is 1.11. The zero-order valence-corrected chi connectivity index (χ0v) is 15.8. The van der Waals surface area contributed by atoms with E-state index in [0.29, 0.717) is 11.3 Å². The second-order valence-corrected chi connectivity index (χ2v) is 8.02. The number of nitriles is 1. The molecule has 0 atom stereocenters. The van der Waals surface area contributed by atoms with Gasteiger partial charge in [0.15, 0.2) is 0 Å². The molecule has 0 saturated heterocycles. The van der Waals surface area contributed by atoms with Crippen molar-refractivity contribution in [2.75, 3.05) is 22.4 Å². The smallest absolute Gasteiger partial charge is 0.232 e. The van der Waals surface area contributed by atoms with Crippen LogP contribution in [0, 0.1) is 25.2 Å². The molecule has 0 aliphatic carbocycles. The van der Waals surface area contributed by atoms with Crippen molar-refractivity contribution in [2.24, 2.45) is 0 Å². The van der Waals surface area contributed by atoms with E-state index < -0.39 is 10.0 Å². The van der Waals surface area contributed by atoms with Crippen LogP contribution in [0.25, 0.3) is 0 Å². The van der Waals surface area contributed by atoms with Crippen LogP contribution in [0.4, 0.5) is 11.4 Å². The van der Waals surface area contributed by atoms with Crippen LogP contribution >= 0.6 is 0 Å². The number of carbonyl (C=O) groups excluding carboxylic acids is 1. The molecule has 26 heavy (non-hydrogen) atoms. The Balaban J connectivity index is 2.10. The SMILES string of the molecule is Cc1ccc(C)c(NC(=O)CCN(c2ccc(C#N)cc2)S(C)(=O)=O)c1. The first-order valence-electron chi connectivity index (χ1n) is 8.05. The Morgan fingerprint density at radius 1 is 1.15 bits per heavy atom. The van der Waals surface area contributed by atoms with Crippen LogP contribution in [0.15, 0.2) is 42.5 Å². The summed E-state index contributed by atoms with van der Waals surface area (Å²) in [6.45, 7) is 3.85. The van der Waals surface area contributed by atoms with Crippen molar-refractivity contribution in [1.82, 2.24) is 0 Å². The number of aryl methyl sites for hydroxylation is 2. The summed E-state index contributed by atoms with van der Waals surface area (Å²) >= 11 is 0. The number of benzene rings is 2. The number of carbonyl (C=O) groups is 1. The van der Waals surface area contributed by atoms with E-state index in [0.717, 1.165) is 27.4 Å². The second-order valence-electron chi connectivity index (χ2n) is 6.11. The highest BCUT2D eigenvalue weighted by molar-refractivity contribution is 7.92. The molecule has 0 unspecified atom stereocenters. The van der Waals surface area contributed by atoms with Crippen molar-refractivity contribution in [3.05, 3.63) is 59.2 Å². The Morgan fingerprint density at radius 3 is 2.38 bits per heavy atom. The van der Waals surface area contributed by atoms with Crippen LogP contribution in [0.2, 0.25) is 0 Å². The Hall–Kier alpha value is -2.85. The van der Waals surface area contributed by atoms with Crippen molar-refractivity contribution in [2.45, 2.75) is 20.3 Å². The highest BCUT2D eigenvalue weighted by Crippen LogP contribution is 2.20. The van der Waals surface area contributed by atoms with Gasteiger partial charge >= 0.3 is 0 Å². The fourth-order valence-electron chi connectivity index (χ4n) is 2.47. The quantitative estimate of drug-likeness (QED) is 0.845. The molecule has 0 saturated carbocycles. The van der Waals surface area contributed by atoms with Gasteiger partial charge in [-0.2, -0.15) is 5.26 Å². The van der Waals surface area contributed by atoms with Gasteiger partial charge in [0, 0.05) is 18.7 Å². The fourth-order valence-corrected chi connectivity index (χ4v) is 3.40. The predicted octanol–water partition coefficient (Wildman–Crippen LogP) is 2.97. The number of nitrogens with one attached hydrogen (secondary N) is 1. The lowest BCUT2D eigenvalue weighted by atomic mass is 10.1. The maximum Gasteiger partial charge on any atom is 0.232 e. The van der Waals surface area contributed by atoms with E-state index >= 15 is 0 Å². The zero-order chi connectivity index (χ0) is 19.3. The standard InChI is InChI=1S/C19H21N3O3S/c1-14-4-5-15(2)18(12-14)21-19(23)10-11-22(26(3,24)25)17-8-6-16(13-20)7-9-17/h4-9,12H,10-11H2,1-3H3,(H,21,23). The molecule has 0 aliphatic rings. The summed E-state index contributed by atoms with van der Waals surface area (Å²) in [7, 11) is -3.55. The van der Waals surface area contributed by atoms with Crippen LogP contribution in [0.1, 0.15) is 23.1 Å². The van der Waals surface area contributed by atoms with E-state index in [-0.39, 0.29) is 18.9 Å². The average molecular weight is 371 g/mol. The molecule has 0 radical (unpaired) electrons. The maximum absolute atomic E-state index is 12.3. The number of amides is 1. The minimum atomic E-state index is -3.55. The van der Waals surface area contributed by atoms with Crippen LogP contribution in [0.3, 0.4) is 0 Å². The van der Waals surface area contributed by atoms with Gasteiger partial charge in [-0.1, -0.05) is 12.1 Å². The molecule has 1 amide bonds. The summed E-state index contributed by atoms with van der Waals surface area (Å²) in [6, 6.07) is 14.0. The summed E-state index contributed by atoms with van der Waals surface area (Å²) in [5.41, 5.74) is 3.55.